The second-order valence-electron chi connectivity index (χ2n) is 5.37. The Balaban J connectivity index is 1.82. The highest BCUT2D eigenvalue weighted by Crippen LogP contribution is 2.18. The molecule has 0 amide bonds. The van der Waals surface area contributed by atoms with Crippen molar-refractivity contribution >= 4 is 5.69 Å². The van der Waals surface area contributed by atoms with Crippen LogP contribution >= 0.6 is 0 Å². The molecule has 2 rings (SSSR count). The lowest BCUT2D eigenvalue weighted by atomic mass is 9.99. The van der Waals surface area contributed by atoms with Crippen LogP contribution in [-0.4, -0.2) is 31.1 Å². The molecule has 0 saturated carbocycles. The Hall–Kier alpha value is -1.06. The molecule has 3 N–H and O–H groups in total. The number of anilines is 1. The molecule has 3 heteroatoms. The van der Waals surface area contributed by atoms with E-state index >= 15 is 0 Å². The van der Waals surface area contributed by atoms with E-state index in [4.69, 9.17) is 5.73 Å². The number of rotatable bonds is 5. The Labute approximate surface area is 110 Å². The SMILES string of the molecule is CC1CCN(Cc2ccc(NCCN)cc2)CC1. The Morgan fingerprint density at radius 1 is 1.22 bits per heavy atom. The minimum Gasteiger partial charge on any atom is -0.384 e. The highest BCUT2D eigenvalue weighted by Gasteiger charge is 2.15. The molecule has 1 aliphatic rings. The van der Waals surface area contributed by atoms with Crippen molar-refractivity contribution in [3.05, 3.63) is 29.8 Å². The lowest BCUT2D eigenvalue weighted by molar-refractivity contribution is 0.185. The van der Waals surface area contributed by atoms with Crippen LogP contribution in [0.4, 0.5) is 5.69 Å². The van der Waals surface area contributed by atoms with Crippen molar-refractivity contribution in [2.45, 2.75) is 26.3 Å². The third kappa shape index (κ3) is 4.00. The first-order valence-corrected chi connectivity index (χ1v) is 7.03. The molecule has 0 spiro atoms. The quantitative estimate of drug-likeness (QED) is 0.839. The monoisotopic (exact) mass is 247 g/mol. The van der Waals surface area contributed by atoms with Crippen LogP contribution in [0, 0.1) is 5.92 Å². The fourth-order valence-electron chi connectivity index (χ4n) is 2.42. The van der Waals surface area contributed by atoms with E-state index in [1.807, 2.05) is 0 Å². The Morgan fingerprint density at radius 3 is 2.50 bits per heavy atom. The van der Waals surface area contributed by atoms with E-state index in [-0.39, 0.29) is 0 Å². The molecule has 1 saturated heterocycles. The summed E-state index contributed by atoms with van der Waals surface area (Å²) >= 11 is 0. The number of piperidine rings is 1. The fourth-order valence-corrected chi connectivity index (χ4v) is 2.42. The largest absolute Gasteiger partial charge is 0.384 e. The first-order chi connectivity index (χ1) is 8.78. The molecule has 18 heavy (non-hydrogen) atoms. The molecule has 1 aromatic carbocycles. The van der Waals surface area contributed by atoms with E-state index in [0.717, 1.165) is 24.7 Å². The van der Waals surface area contributed by atoms with Gasteiger partial charge in [0.05, 0.1) is 0 Å². The topological polar surface area (TPSA) is 41.3 Å². The van der Waals surface area contributed by atoms with E-state index in [0.29, 0.717) is 6.54 Å². The summed E-state index contributed by atoms with van der Waals surface area (Å²) in [5.74, 6) is 0.907. The average Bonchev–Trinajstić information content (AvgIpc) is 2.41. The summed E-state index contributed by atoms with van der Waals surface area (Å²) in [6.07, 6.45) is 2.69. The fraction of sp³-hybridized carbons (Fsp3) is 0.600. The second-order valence-corrected chi connectivity index (χ2v) is 5.37. The highest BCUT2D eigenvalue weighted by atomic mass is 15.1. The van der Waals surface area contributed by atoms with Gasteiger partial charge in [0.15, 0.2) is 0 Å². The Kier molecular flexibility index (Phi) is 5.02. The van der Waals surface area contributed by atoms with Crippen molar-refractivity contribution in [3.63, 3.8) is 0 Å². The van der Waals surface area contributed by atoms with E-state index in [1.54, 1.807) is 0 Å². The van der Waals surface area contributed by atoms with E-state index in [2.05, 4.69) is 41.4 Å². The van der Waals surface area contributed by atoms with Crippen LogP contribution < -0.4 is 11.1 Å². The van der Waals surface area contributed by atoms with Crippen LogP contribution in [0.25, 0.3) is 0 Å². The zero-order valence-corrected chi connectivity index (χ0v) is 11.4. The van der Waals surface area contributed by atoms with Gasteiger partial charge in [-0.15, -0.1) is 0 Å². The molecule has 3 nitrogen and oxygen atoms in total. The average molecular weight is 247 g/mol. The lowest BCUT2D eigenvalue weighted by Gasteiger charge is -2.30. The second kappa shape index (κ2) is 6.76. The number of nitrogens with one attached hydrogen (secondary N) is 1. The standard InChI is InChI=1S/C15H25N3/c1-13-6-10-18(11-7-13)12-14-2-4-15(5-3-14)17-9-8-16/h2-5,13,17H,6-12,16H2,1H3. The zero-order valence-electron chi connectivity index (χ0n) is 11.4. The molecule has 0 radical (unpaired) electrons. The maximum absolute atomic E-state index is 5.47. The summed E-state index contributed by atoms with van der Waals surface area (Å²) in [6, 6.07) is 8.74. The van der Waals surface area contributed by atoms with Gasteiger partial charge in [-0.1, -0.05) is 19.1 Å². The van der Waals surface area contributed by atoms with Crippen LogP contribution in [0.15, 0.2) is 24.3 Å². The van der Waals surface area contributed by atoms with Crippen LogP contribution in [-0.2, 0) is 6.54 Å². The van der Waals surface area contributed by atoms with Gasteiger partial charge in [-0.05, 0) is 49.5 Å². The van der Waals surface area contributed by atoms with Gasteiger partial charge < -0.3 is 11.1 Å². The molecule has 0 bridgehead atoms. The number of hydrogen-bond acceptors (Lipinski definition) is 3. The Bertz CT molecular complexity index is 339. The summed E-state index contributed by atoms with van der Waals surface area (Å²) in [5, 5.41) is 3.29. The van der Waals surface area contributed by atoms with Crippen molar-refractivity contribution in [1.82, 2.24) is 4.90 Å². The normalized spacial score (nSPS) is 17.9. The minimum atomic E-state index is 0.674. The third-order valence-electron chi connectivity index (χ3n) is 3.71. The van der Waals surface area contributed by atoms with Crippen molar-refractivity contribution in [3.8, 4) is 0 Å². The molecule has 100 valence electrons. The molecule has 0 unspecified atom stereocenters. The number of nitrogens with two attached hydrogens (primary N) is 1. The lowest BCUT2D eigenvalue weighted by Crippen LogP contribution is -2.32. The van der Waals surface area contributed by atoms with Gasteiger partial charge >= 0.3 is 0 Å². The van der Waals surface area contributed by atoms with Crippen LogP contribution in [0.3, 0.4) is 0 Å². The van der Waals surface area contributed by atoms with Crippen molar-refractivity contribution in [2.75, 3.05) is 31.5 Å². The maximum Gasteiger partial charge on any atom is 0.0340 e. The van der Waals surface area contributed by atoms with Gasteiger partial charge in [-0.25, -0.2) is 0 Å². The minimum absolute atomic E-state index is 0.674. The molecule has 0 atom stereocenters. The third-order valence-corrected chi connectivity index (χ3v) is 3.71. The van der Waals surface area contributed by atoms with Gasteiger partial charge in [0.1, 0.15) is 0 Å². The smallest absolute Gasteiger partial charge is 0.0340 e. The predicted octanol–water partition coefficient (Wildman–Crippen LogP) is 2.29. The molecule has 1 heterocycles. The van der Waals surface area contributed by atoms with Crippen LogP contribution in [0.2, 0.25) is 0 Å². The van der Waals surface area contributed by atoms with E-state index in [9.17, 15) is 0 Å². The Morgan fingerprint density at radius 2 is 1.89 bits per heavy atom. The summed E-state index contributed by atoms with van der Waals surface area (Å²) in [5.41, 5.74) is 8.04. The molecule has 1 aliphatic heterocycles. The number of benzene rings is 1. The van der Waals surface area contributed by atoms with E-state index in [1.165, 1.54) is 31.5 Å². The predicted molar refractivity (Wildman–Crippen MR) is 77.7 cm³/mol. The van der Waals surface area contributed by atoms with Gasteiger partial charge in [0, 0.05) is 25.3 Å². The van der Waals surface area contributed by atoms with Gasteiger partial charge in [0.2, 0.25) is 0 Å². The van der Waals surface area contributed by atoms with Crippen LogP contribution in [0.5, 0.6) is 0 Å². The maximum atomic E-state index is 5.47. The van der Waals surface area contributed by atoms with Gasteiger partial charge in [-0.2, -0.15) is 0 Å². The van der Waals surface area contributed by atoms with Gasteiger partial charge in [-0.3, -0.25) is 4.90 Å². The van der Waals surface area contributed by atoms with Crippen molar-refractivity contribution in [1.29, 1.82) is 0 Å². The molecule has 1 fully saturated rings. The van der Waals surface area contributed by atoms with Crippen molar-refractivity contribution in [2.24, 2.45) is 11.7 Å². The first-order valence-electron chi connectivity index (χ1n) is 7.03. The van der Waals surface area contributed by atoms with Crippen LogP contribution in [0.1, 0.15) is 25.3 Å². The zero-order chi connectivity index (χ0) is 12.8. The number of hydrogen-bond donors (Lipinski definition) is 2. The van der Waals surface area contributed by atoms with E-state index < -0.39 is 0 Å². The number of likely N-dealkylation sites (tertiary alicyclic amines) is 1. The summed E-state index contributed by atoms with van der Waals surface area (Å²) in [7, 11) is 0. The molecule has 1 aromatic rings. The molecular weight excluding hydrogens is 222 g/mol. The molecule has 0 aromatic heterocycles. The first kappa shape index (κ1) is 13.4. The molecular formula is C15H25N3. The number of nitrogens with zero attached hydrogens (tertiary/aromatic N) is 1. The summed E-state index contributed by atoms with van der Waals surface area (Å²) < 4.78 is 0. The highest BCUT2D eigenvalue weighted by molar-refractivity contribution is 5.44. The summed E-state index contributed by atoms with van der Waals surface area (Å²) in [4.78, 5) is 2.56. The van der Waals surface area contributed by atoms with Crippen molar-refractivity contribution < 1.29 is 0 Å². The van der Waals surface area contributed by atoms with Gasteiger partial charge in [0.25, 0.3) is 0 Å². The molecule has 0 aliphatic carbocycles. The summed E-state index contributed by atoms with van der Waals surface area (Å²) in [6.45, 7) is 7.44.